The van der Waals surface area contributed by atoms with Crippen LogP contribution in [-0.2, 0) is 14.8 Å². The van der Waals surface area contributed by atoms with E-state index in [1.165, 1.54) is 6.92 Å². The Bertz CT molecular complexity index is 509. The number of nitrogens with one attached hydrogen (secondary N) is 2. The van der Waals surface area contributed by atoms with Crippen molar-refractivity contribution in [1.29, 1.82) is 0 Å². The van der Waals surface area contributed by atoms with Gasteiger partial charge in [0, 0.05) is 18.3 Å². The normalized spacial score (nSPS) is 11.1. The minimum absolute atomic E-state index is 0.133. The molecule has 0 aliphatic rings. The molecule has 0 aliphatic carbocycles. The second kappa shape index (κ2) is 7.13. The number of hydrogen-bond donors (Lipinski definition) is 2. The van der Waals surface area contributed by atoms with Crippen LogP contribution < -0.4 is 10.0 Å². The molecule has 0 spiro atoms. The SMILES string of the molecule is CCCCCS(=O)(=O)Nc1ccc(NC(C)=O)cc1. The first-order chi connectivity index (χ1) is 8.93. The van der Waals surface area contributed by atoms with Gasteiger partial charge >= 0.3 is 0 Å². The van der Waals surface area contributed by atoms with Crippen LogP contribution in [0.25, 0.3) is 0 Å². The van der Waals surface area contributed by atoms with Crippen LogP contribution in [0.1, 0.15) is 33.1 Å². The summed E-state index contributed by atoms with van der Waals surface area (Å²) in [5.41, 5.74) is 1.15. The number of hydrogen-bond acceptors (Lipinski definition) is 3. The second-order valence-electron chi connectivity index (χ2n) is 4.39. The third kappa shape index (κ3) is 6.24. The van der Waals surface area contributed by atoms with Gasteiger partial charge in [0.05, 0.1) is 5.75 Å². The molecule has 6 heteroatoms. The Balaban J connectivity index is 2.59. The summed E-state index contributed by atoms with van der Waals surface area (Å²) in [4.78, 5) is 10.9. The smallest absolute Gasteiger partial charge is 0.232 e. The van der Waals surface area contributed by atoms with E-state index in [1.54, 1.807) is 24.3 Å². The number of carbonyl (C=O) groups is 1. The molecule has 1 aromatic carbocycles. The van der Waals surface area contributed by atoms with Gasteiger partial charge in [-0.3, -0.25) is 9.52 Å². The summed E-state index contributed by atoms with van der Waals surface area (Å²) in [7, 11) is -3.28. The molecule has 5 nitrogen and oxygen atoms in total. The molecule has 0 heterocycles. The monoisotopic (exact) mass is 284 g/mol. The molecule has 106 valence electrons. The molecule has 0 aliphatic heterocycles. The molecular weight excluding hydrogens is 264 g/mol. The zero-order chi connectivity index (χ0) is 14.3. The standard InChI is InChI=1S/C13H20N2O3S/c1-3-4-5-10-19(17,18)15-13-8-6-12(7-9-13)14-11(2)16/h6-9,15H,3-5,10H2,1-2H3,(H,14,16). The summed E-state index contributed by atoms with van der Waals surface area (Å²) >= 11 is 0. The molecule has 0 saturated carbocycles. The second-order valence-corrected chi connectivity index (χ2v) is 6.23. The Hall–Kier alpha value is -1.56. The molecule has 2 N–H and O–H groups in total. The highest BCUT2D eigenvalue weighted by Gasteiger charge is 2.09. The first-order valence-electron chi connectivity index (χ1n) is 6.31. The van der Waals surface area contributed by atoms with E-state index in [9.17, 15) is 13.2 Å². The van der Waals surface area contributed by atoms with Crippen molar-refractivity contribution >= 4 is 27.3 Å². The van der Waals surface area contributed by atoms with Gasteiger partial charge < -0.3 is 5.32 Å². The summed E-state index contributed by atoms with van der Waals surface area (Å²) in [5, 5.41) is 2.62. The van der Waals surface area contributed by atoms with Crippen molar-refractivity contribution < 1.29 is 13.2 Å². The number of amides is 1. The molecule has 0 atom stereocenters. The van der Waals surface area contributed by atoms with Gasteiger partial charge in [0.1, 0.15) is 0 Å². The quantitative estimate of drug-likeness (QED) is 0.756. The third-order valence-corrected chi connectivity index (χ3v) is 3.87. The van der Waals surface area contributed by atoms with E-state index in [4.69, 9.17) is 0 Å². The van der Waals surface area contributed by atoms with E-state index >= 15 is 0 Å². The predicted molar refractivity (Wildman–Crippen MR) is 77.7 cm³/mol. The van der Waals surface area contributed by atoms with E-state index in [1.807, 2.05) is 6.92 Å². The van der Waals surface area contributed by atoms with Crippen molar-refractivity contribution in [2.45, 2.75) is 33.1 Å². The topological polar surface area (TPSA) is 75.3 Å². The average molecular weight is 284 g/mol. The Kier molecular flexibility index (Phi) is 5.82. The van der Waals surface area contributed by atoms with Crippen molar-refractivity contribution in [3.8, 4) is 0 Å². The fourth-order valence-electron chi connectivity index (χ4n) is 1.60. The zero-order valence-corrected chi connectivity index (χ0v) is 12.1. The fraction of sp³-hybridized carbons (Fsp3) is 0.462. The number of rotatable bonds is 7. The Labute approximate surface area is 114 Å². The Morgan fingerprint density at radius 3 is 2.21 bits per heavy atom. The van der Waals surface area contributed by atoms with Gasteiger partial charge in [-0.1, -0.05) is 19.8 Å². The lowest BCUT2D eigenvalue weighted by Crippen LogP contribution is -2.16. The third-order valence-electron chi connectivity index (χ3n) is 2.50. The van der Waals surface area contributed by atoms with Crippen LogP contribution in [0.5, 0.6) is 0 Å². The lowest BCUT2D eigenvalue weighted by atomic mass is 10.3. The molecule has 0 fully saturated rings. The highest BCUT2D eigenvalue weighted by molar-refractivity contribution is 7.92. The number of sulfonamides is 1. The van der Waals surface area contributed by atoms with Crippen LogP contribution in [0.2, 0.25) is 0 Å². The lowest BCUT2D eigenvalue weighted by Gasteiger charge is -2.08. The molecule has 1 amide bonds. The van der Waals surface area contributed by atoms with E-state index in [0.717, 1.165) is 12.8 Å². The van der Waals surface area contributed by atoms with Gasteiger partial charge in [0.25, 0.3) is 0 Å². The molecule has 1 rings (SSSR count). The van der Waals surface area contributed by atoms with Gasteiger partial charge in [-0.25, -0.2) is 8.42 Å². The van der Waals surface area contributed by atoms with Crippen LogP contribution in [0, 0.1) is 0 Å². The average Bonchev–Trinajstić information content (AvgIpc) is 2.31. The minimum atomic E-state index is -3.28. The van der Waals surface area contributed by atoms with Crippen molar-refractivity contribution in [3.05, 3.63) is 24.3 Å². The van der Waals surface area contributed by atoms with Crippen LogP contribution in [0.4, 0.5) is 11.4 Å². The van der Waals surface area contributed by atoms with E-state index in [-0.39, 0.29) is 11.7 Å². The van der Waals surface area contributed by atoms with Crippen LogP contribution in [0.3, 0.4) is 0 Å². The number of carbonyl (C=O) groups excluding carboxylic acids is 1. The molecule has 19 heavy (non-hydrogen) atoms. The van der Waals surface area contributed by atoms with Crippen LogP contribution >= 0.6 is 0 Å². The summed E-state index contributed by atoms with van der Waals surface area (Å²) in [5.74, 6) is -0.0261. The molecule has 0 unspecified atom stereocenters. The largest absolute Gasteiger partial charge is 0.326 e. The fourth-order valence-corrected chi connectivity index (χ4v) is 2.78. The maximum atomic E-state index is 11.8. The highest BCUT2D eigenvalue weighted by atomic mass is 32.2. The number of anilines is 2. The van der Waals surface area contributed by atoms with Crippen LogP contribution in [0.15, 0.2) is 24.3 Å². The van der Waals surface area contributed by atoms with Gasteiger partial charge in [-0.2, -0.15) is 0 Å². The molecule has 0 saturated heterocycles. The minimum Gasteiger partial charge on any atom is -0.326 e. The van der Waals surface area contributed by atoms with Gasteiger partial charge in [0.2, 0.25) is 15.9 Å². The van der Waals surface area contributed by atoms with Crippen molar-refractivity contribution in [1.82, 2.24) is 0 Å². The first-order valence-corrected chi connectivity index (χ1v) is 7.96. The Morgan fingerprint density at radius 2 is 1.68 bits per heavy atom. The van der Waals surface area contributed by atoms with E-state index < -0.39 is 10.0 Å². The van der Waals surface area contributed by atoms with Crippen molar-refractivity contribution in [3.63, 3.8) is 0 Å². The summed E-state index contributed by atoms with van der Waals surface area (Å²) in [6.45, 7) is 3.45. The summed E-state index contributed by atoms with van der Waals surface area (Å²) < 4.78 is 26.0. The van der Waals surface area contributed by atoms with Gasteiger partial charge in [0.15, 0.2) is 0 Å². The van der Waals surface area contributed by atoms with Crippen molar-refractivity contribution in [2.24, 2.45) is 0 Å². The summed E-state index contributed by atoms with van der Waals surface area (Å²) in [6, 6.07) is 6.57. The predicted octanol–water partition coefficient (Wildman–Crippen LogP) is 2.58. The molecule has 0 radical (unpaired) electrons. The van der Waals surface area contributed by atoms with E-state index in [0.29, 0.717) is 17.8 Å². The molecule has 0 aromatic heterocycles. The maximum absolute atomic E-state index is 11.8. The van der Waals surface area contributed by atoms with E-state index in [2.05, 4.69) is 10.0 Å². The van der Waals surface area contributed by atoms with Crippen LogP contribution in [-0.4, -0.2) is 20.1 Å². The van der Waals surface area contributed by atoms with Gasteiger partial charge in [-0.15, -0.1) is 0 Å². The molecule has 0 bridgehead atoms. The number of benzene rings is 1. The maximum Gasteiger partial charge on any atom is 0.232 e. The lowest BCUT2D eigenvalue weighted by molar-refractivity contribution is -0.114. The van der Waals surface area contributed by atoms with Gasteiger partial charge in [-0.05, 0) is 30.7 Å². The van der Waals surface area contributed by atoms with Crippen molar-refractivity contribution in [2.75, 3.05) is 15.8 Å². The highest BCUT2D eigenvalue weighted by Crippen LogP contribution is 2.15. The first kappa shape index (κ1) is 15.5. The molecular formula is C13H20N2O3S. The zero-order valence-electron chi connectivity index (χ0n) is 11.3. The summed E-state index contributed by atoms with van der Waals surface area (Å²) in [6.07, 6.45) is 2.55. The Morgan fingerprint density at radius 1 is 1.11 bits per heavy atom. The number of unbranched alkanes of at least 4 members (excludes halogenated alkanes) is 2. The molecule has 1 aromatic rings.